The largest absolute Gasteiger partial charge is 0.497 e. The predicted molar refractivity (Wildman–Crippen MR) is 214 cm³/mol. The van der Waals surface area contributed by atoms with Crippen molar-refractivity contribution >= 4 is 52.8 Å². The van der Waals surface area contributed by atoms with Crippen LogP contribution in [0.15, 0.2) is 95.2 Å². The van der Waals surface area contributed by atoms with Gasteiger partial charge in [-0.3, -0.25) is 19.6 Å². The summed E-state index contributed by atoms with van der Waals surface area (Å²) in [5.41, 5.74) is 12.7. The summed E-state index contributed by atoms with van der Waals surface area (Å²) >= 11 is 0. The normalized spacial score (nSPS) is 17.3. The Bertz CT molecular complexity index is 2190. The van der Waals surface area contributed by atoms with Crippen LogP contribution in [0.4, 0.5) is 17.1 Å². The summed E-state index contributed by atoms with van der Waals surface area (Å²) in [7, 11) is 6.72. The first-order chi connectivity index (χ1) is 26.8. The van der Waals surface area contributed by atoms with E-state index in [9.17, 15) is 9.59 Å². The fourth-order valence-corrected chi connectivity index (χ4v) is 6.82. The number of carbonyl (C=O) groups is 2. The van der Waals surface area contributed by atoms with Crippen LogP contribution in [0.3, 0.4) is 0 Å². The summed E-state index contributed by atoms with van der Waals surface area (Å²) in [6.07, 6.45) is 10.3. The van der Waals surface area contributed by atoms with Gasteiger partial charge in [-0.05, 0) is 65.1 Å². The van der Waals surface area contributed by atoms with Crippen molar-refractivity contribution in [1.82, 2.24) is 9.80 Å². The summed E-state index contributed by atoms with van der Waals surface area (Å²) < 4.78 is 28.7. The Morgan fingerprint density at radius 3 is 2.15 bits per heavy atom. The SMILES string of the molecule is COc1ccc(C2=CN(C)C(C=Nc3cc(OCCCOc4cc5c(cc4OC)C(=O)N4C=C(c6ccc(N)cc6)CC4C=N5)c(OC)cc3C=O)C2)cc1. The predicted octanol–water partition coefficient (Wildman–Crippen LogP) is 7.37. The van der Waals surface area contributed by atoms with Crippen molar-refractivity contribution in [2.24, 2.45) is 9.98 Å². The molecular formula is C43H43N5O7. The lowest BCUT2D eigenvalue weighted by Crippen LogP contribution is -2.32. The quantitative estimate of drug-likeness (QED) is 0.0608. The van der Waals surface area contributed by atoms with Gasteiger partial charge in [0.1, 0.15) is 5.75 Å². The maximum absolute atomic E-state index is 13.7. The zero-order valence-electron chi connectivity index (χ0n) is 31.2. The average molecular weight is 742 g/mol. The van der Waals surface area contributed by atoms with E-state index in [1.165, 1.54) is 19.8 Å². The van der Waals surface area contributed by atoms with Gasteiger partial charge in [-0.15, -0.1) is 0 Å². The molecule has 3 aliphatic rings. The molecule has 2 atom stereocenters. The lowest BCUT2D eigenvalue weighted by Gasteiger charge is -2.19. The van der Waals surface area contributed by atoms with Crippen LogP contribution in [0.5, 0.6) is 28.7 Å². The smallest absolute Gasteiger partial charge is 0.260 e. The molecule has 1 amide bonds. The maximum atomic E-state index is 13.7. The Kier molecular flexibility index (Phi) is 10.8. The summed E-state index contributed by atoms with van der Waals surface area (Å²) in [4.78, 5) is 39.0. The molecule has 2 unspecified atom stereocenters. The van der Waals surface area contributed by atoms with Crippen LogP contribution in [-0.4, -0.2) is 88.1 Å². The van der Waals surface area contributed by atoms with Gasteiger partial charge in [0.05, 0.1) is 63.6 Å². The molecule has 7 rings (SSSR count). The van der Waals surface area contributed by atoms with E-state index in [1.807, 2.05) is 68.0 Å². The highest BCUT2D eigenvalue weighted by Crippen LogP contribution is 2.40. The fourth-order valence-electron chi connectivity index (χ4n) is 6.82. The molecule has 55 heavy (non-hydrogen) atoms. The Morgan fingerprint density at radius 2 is 1.47 bits per heavy atom. The second-order valence-electron chi connectivity index (χ2n) is 13.4. The molecule has 0 saturated heterocycles. The molecule has 2 N–H and O–H groups in total. The number of aldehydes is 1. The number of aliphatic imine (C=N–C) groups is 2. The molecule has 12 heteroatoms. The minimum absolute atomic E-state index is 0.0103. The number of fused-ring (bicyclic) bond motifs is 2. The van der Waals surface area contributed by atoms with E-state index in [0.29, 0.717) is 77.2 Å². The van der Waals surface area contributed by atoms with Gasteiger partial charge < -0.3 is 39.2 Å². The number of anilines is 1. The standard InChI is InChI=1S/C43H43N5O7/c1-47-24-29(28-8-12-35(51-2)13-9-28)16-33(47)22-45-37-20-41(39(52-3)18-31(37)26-49)54-14-5-15-55-42-21-38-36(19-40(42)53-4)43(50)48-25-30(17-34(48)23-46-38)27-6-10-32(44)11-7-27/h6-13,18-26,33-34H,5,14-17,44H2,1-4H3. The van der Waals surface area contributed by atoms with Gasteiger partial charge in [-0.2, -0.15) is 0 Å². The third-order valence-corrected chi connectivity index (χ3v) is 9.90. The monoisotopic (exact) mass is 741 g/mol. The van der Waals surface area contributed by atoms with Crippen molar-refractivity contribution < 1.29 is 33.3 Å². The molecule has 0 saturated carbocycles. The third-order valence-electron chi connectivity index (χ3n) is 9.90. The Morgan fingerprint density at radius 1 is 0.818 bits per heavy atom. The summed E-state index contributed by atoms with van der Waals surface area (Å²) in [6.45, 7) is 0.593. The fraction of sp³-hybridized carbons (Fsp3) is 0.256. The number of hydrogen-bond acceptors (Lipinski definition) is 11. The lowest BCUT2D eigenvalue weighted by atomic mass is 10.0. The number of benzene rings is 4. The van der Waals surface area contributed by atoms with E-state index >= 15 is 0 Å². The van der Waals surface area contributed by atoms with Gasteiger partial charge in [0.15, 0.2) is 29.3 Å². The number of hydrogen-bond donors (Lipinski definition) is 1. The molecule has 3 aliphatic heterocycles. The van der Waals surface area contributed by atoms with Crippen molar-refractivity contribution in [3.8, 4) is 28.7 Å². The van der Waals surface area contributed by atoms with Gasteiger partial charge in [-0.1, -0.05) is 24.3 Å². The van der Waals surface area contributed by atoms with Crippen LogP contribution in [0.1, 0.15) is 51.1 Å². The van der Waals surface area contributed by atoms with Crippen molar-refractivity contribution in [1.29, 1.82) is 0 Å². The molecule has 282 valence electrons. The molecule has 0 aromatic heterocycles. The van der Waals surface area contributed by atoms with Gasteiger partial charge in [0.25, 0.3) is 5.91 Å². The van der Waals surface area contributed by atoms with Gasteiger partial charge in [-0.25, -0.2) is 0 Å². The highest BCUT2D eigenvalue weighted by molar-refractivity contribution is 6.05. The van der Waals surface area contributed by atoms with Crippen molar-refractivity contribution in [2.45, 2.75) is 31.3 Å². The maximum Gasteiger partial charge on any atom is 0.260 e. The number of nitrogen functional groups attached to an aromatic ring is 1. The zero-order valence-corrected chi connectivity index (χ0v) is 31.2. The number of methoxy groups -OCH3 is 3. The van der Waals surface area contributed by atoms with Crippen LogP contribution in [0, 0.1) is 0 Å². The number of carbonyl (C=O) groups excluding carboxylic acids is 2. The van der Waals surface area contributed by atoms with E-state index in [-0.39, 0.29) is 18.0 Å². The first kappa shape index (κ1) is 36.8. The van der Waals surface area contributed by atoms with Gasteiger partial charge in [0.2, 0.25) is 0 Å². The molecule has 4 aromatic carbocycles. The van der Waals surface area contributed by atoms with E-state index in [1.54, 1.807) is 42.5 Å². The number of ether oxygens (including phenoxy) is 5. The minimum atomic E-state index is -0.206. The minimum Gasteiger partial charge on any atom is -0.497 e. The van der Waals surface area contributed by atoms with Crippen molar-refractivity contribution in [2.75, 3.05) is 47.3 Å². The number of rotatable bonds is 14. The second-order valence-corrected chi connectivity index (χ2v) is 13.4. The van der Waals surface area contributed by atoms with E-state index in [4.69, 9.17) is 39.4 Å². The summed E-state index contributed by atoms with van der Waals surface area (Å²) in [5.74, 6) is 2.43. The van der Waals surface area contributed by atoms with Gasteiger partial charge in [0, 0.05) is 68.1 Å². The highest BCUT2D eigenvalue weighted by Gasteiger charge is 2.33. The lowest BCUT2D eigenvalue weighted by molar-refractivity contribution is 0.0817. The highest BCUT2D eigenvalue weighted by atomic mass is 16.5. The number of nitrogens with zero attached hydrogens (tertiary/aromatic N) is 4. The Balaban J connectivity index is 0.976. The van der Waals surface area contributed by atoms with E-state index in [2.05, 4.69) is 11.1 Å². The molecular weight excluding hydrogens is 699 g/mol. The molecule has 12 nitrogen and oxygen atoms in total. The second kappa shape index (κ2) is 16.2. The summed E-state index contributed by atoms with van der Waals surface area (Å²) in [5, 5.41) is 0. The molecule has 0 aliphatic carbocycles. The summed E-state index contributed by atoms with van der Waals surface area (Å²) in [6, 6.07) is 22.2. The van der Waals surface area contributed by atoms with Crippen LogP contribution in [-0.2, 0) is 0 Å². The number of amides is 1. The first-order valence-electron chi connectivity index (χ1n) is 18.0. The molecule has 0 fully saturated rings. The molecule has 3 heterocycles. The molecule has 4 aromatic rings. The Hall–Kier alpha value is -6.56. The van der Waals surface area contributed by atoms with Crippen molar-refractivity contribution in [3.63, 3.8) is 0 Å². The first-order valence-corrected chi connectivity index (χ1v) is 18.0. The molecule has 0 radical (unpaired) electrons. The van der Waals surface area contributed by atoms with Crippen LogP contribution < -0.4 is 29.4 Å². The topological polar surface area (TPSA) is 138 Å². The van der Waals surface area contributed by atoms with Gasteiger partial charge >= 0.3 is 0 Å². The number of nitrogens with two attached hydrogens (primary N) is 1. The molecule has 0 spiro atoms. The molecule has 0 bridgehead atoms. The Labute approximate surface area is 320 Å². The third kappa shape index (κ3) is 7.89. The van der Waals surface area contributed by atoms with E-state index in [0.717, 1.165) is 35.2 Å². The average Bonchev–Trinajstić information content (AvgIpc) is 3.79. The van der Waals surface area contributed by atoms with E-state index < -0.39 is 0 Å². The van der Waals surface area contributed by atoms with Crippen LogP contribution in [0.25, 0.3) is 11.1 Å². The van der Waals surface area contributed by atoms with Crippen molar-refractivity contribution in [3.05, 3.63) is 107 Å². The zero-order chi connectivity index (χ0) is 38.5. The van der Waals surface area contributed by atoms with Crippen LogP contribution >= 0.6 is 0 Å². The van der Waals surface area contributed by atoms with Crippen LogP contribution in [0.2, 0.25) is 0 Å².